The summed E-state index contributed by atoms with van der Waals surface area (Å²) in [5.41, 5.74) is 0.638. The van der Waals surface area contributed by atoms with Crippen LogP contribution in [0.5, 0.6) is 0 Å². The van der Waals surface area contributed by atoms with Gasteiger partial charge in [-0.2, -0.15) is 13.2 Å². The summed E-state index contributed by atoms with van der Waals surface area (Å²) >= 11 is 0. The number of rotatable bonds is 3. The summed E-state index contributed by atoms with van der Waals surface area (Å²) in [6, 6.07) is 4.60. The number of piperidine rings is 1. The molecule has 1 aliphatic rings. The maximum Gasteiger partial charge on any atom is 0.501 e. The number of hydrogen-bond acceptors (Lipinski definition) is 5. The fourth-order valence-corrected chi connectivity index (χ4v) is 3.10. The van der Waals surface area contributed by atoms with Crippen LogP contribution in [0.1, 0.15) is 12.8 Å². The molecule has 124 valence electrons. The molecule has 22 heavy (non-hydrogen) atoms. The third kappa shape index (κ3) is 3.21. The predicted molar refractivity (Wildman–Crippen MR) is 75.1 cm³/mol. The molecule has 3 N–H and O–H groups in total. The zero-order valence-corrected chi connectivity index (χ0v) is 12.5. The number of nitrogens with zero attached hydrogens (tertiary/aromatic N) is 1. The van der Waals surface area contributed by atoms with E-state index in [4.69, 9.17) is 5.73 Å². The maximum atomic E-state index is 12.5. The lowest BCUT2D eigenvalue weighted by Gasteiger charge is -2.39. The van der Waals surface area contributed by atoms with Crippen molar-refractivity contribution in [2.75, 3.05) is 24.6 Å². The van der Waals surface area contributed by atoms with Gasteiger partial charge in [0, 0.05) is 24.3 Å². The Bertz CT molecular complexity index is 621. The predicted octanol–water partition coefficient (Wildman–Crippen LogP) is 1.27. The van der Waals surface area contributed by atoms with Crippen molar-refractivity contribution in [3.8, 4) is 0 Å². The molecule has 0 aromatic heterocycles. The lowest BCUT2D eigenvalue weighted by molar-refractivity contribution is -0.0436. The molecule has 0 radical (unpaired) electrons. The van der Waals surface area contributed by atoms with Gasteiger partial charge in [0.15, 0.2) is 0 Å². The van der Waals surface area contributed by atoms with Crippen LogP contribution < -0.4 is 10.6 Å². The molecule has 1 heterocycles. The highest BCUT2D eigenvalue weighted by atomic mass is 32.2. The van der Waals surface area contributed by atoms with E-state index in [1.165, 1.54) is 12.1 Å². The summed E-state index contributed by atoms with van der Waals surface area (Å²) in [6.45, 7) is 0.967. The molecule has 1 fully saturated rings. The van der Waals surface area contributed by atoms with E-state index >= 15 is 0 Å². The summed E-state index contributed by atoms with van der Waals surface area (Å²) in [6.07, 6.45) is 1.10. The summed E-state index contributed by atoms with van der Waals surface area (Å²) in [4.78, 5) is 1.12. The van der Waals surface area contributed by atoms with E-state index in [2.05, 4.69) is 0 Å². The molecular formula is C13H17F3N2O3S. The zero-order chi connectivity index (χ0) is 16.6. The Balaban J connectivity index is 2.14. The van der Waals surface area contributed by atoms with Gasteiger partial charge in [-0.1, -0.05) is 0 Å². The largest absolute Gasteiger partial charge is 0.501 e. The van der Waals surface area contributed by atoms with Gasteiger partial charge >= 0.3 is 5.51 Å². The molecule has 1 aromatic carbocycles. The van der Waals surface area contributed by atoms with Gasteiger partial charge in [-0.05, 0) is 37.1 Å². The average Bonchev–Trinajstić information content (AvgIpc) is 2.47. The second-order valence-corrected chi connectivity index (χ2v) is 7.39. The molecule has 1 saturated heterocycles. The van der Waals surface area contributed by atoms with Crippen LogP contribution in [0.4, 0.5) is 18.9 Å². The monoisotopic (exact) mass is 338 g/mol. The van der Waals surface area contributed by atoms with Gasteiger partial charge in [0.25, 0.3) is 9.84 Å². The molecule has 0 bridgehead atoms. The Kier molecular flexibility index (Phi) is 4.42. The van der Waals surface area contributed by atoms with Crippen LogP contribution in [-0.4, -0.2) is 44.3 Å². The SMILES string of the molecule is NC1(CO)CCN(c2ccc(S(=O)(=O)C(F)(F)F)cc2)CC1. The number of halogens is 3. The van der Waals surface area contributed by atoms with E-state index in [-0.39, 0.29) is 6.61 Å². The highest BCUT2D eigenvalue weighted by molar-refractivity contribution is 7.92. The summed E-state index contributed by atoms with van der Waals surface area (Å²) in [7, 11) is -5.32. The molecule has 0 saturated carbocycles. The van der Waals surface area contributed by atoms with E-state index < -0.39 is 25.8 Å². The fourth-order valence-electron chi connectivity index (χ4n) is 2.34. The highest BCUT2D eigenvalue weighted by Crippen LogP contribution is 2.32. The standard InChI is InChI=1S/C13H17F3N2O3S/c14-13(15,16)22(20,21)11-3-1-10(2-4-11)18-7-5-12(17,9-19)6-8-18/h1-4,19H,5-9,17H2. The summed E-state index contributed by atoms with van der Waals surface area (Å²) in [5.74, 6) is 0. The second kappa shape index (κ2) is 5.71. The lowest BCUT2D eigenvalue weighted by Crippen LogP contribution is -2.52. The first kappa shape index (κ1) is 17.0. The van der Waals surface area contributed by atoms with Crippen LogP contribution >= 0.6 is 0 Å². The van der Waals surface area contributed by atoms with Crippen LogP contribution in [0, 0.1) is 0 Å². The number of benzene rings is 1. The number of sulfone groups is 1. The van der Waals surface area contributed by atoms with Crippen molar-refractivity contribution < 1.29 is 26.7 Å². The highest BCUT2D eigenvalue weighted by Gasteiger charge is 2.46. The Morgan fingerprint density at radius 2 is 1.68 bits per heavy atom. The van der Waals surface area contributed by atoms with E-state index in [0.29, 0.717) is 31.6 Å². The molecule has 9 heteroatoms. The first-order valence-electron chi connectivity index (χ1n) is 6.65. The summed E-state index contributed by atoms with van der Waals surface area (Å²) < 4.78 is 60.0. The molecule has 0 aliphatic carbocycles. The number of alkyl halides is 3. The minimum Gasteiger partial charge on any atom is -0.394 e. The second-order valence-electron chi connectivity index (χ2n) is 5.45. The van der Waals surface area contributed by atoms with Crippen molar-refractivity contribution >= 4 is 15.5 Å². The Hall–Kier alpha value is -1.32. The van der Waals surface area contributed by atoms with Gasteiger partial charge in [-0.25, -0.2) is 8.42 Å². The van der Waals surface area contributed by atoms with Crippen molar-refractivity contribution in [2.24, 2.45) is 5.73 Å². The van der Waals surface area contributed by atoms with Crippen molar-refractivity contribution in [1.29, 1.82) is 0 Å². The fraction of sp³-hybridized carbons (Fsp3) is 0.538. The molecule has 0 unspecified atom stereocenters. The third-order valence-corrected chi connectivity index (χ3v) is 5.39. The third-order valence-electron chi connectivity index (χ3n) is 3.89. The van der Waals surface area contributed by atoms with Crippen molar-refractivity contribution in [3.63, 3.8) is 0 Å². The first-order valence-corrected chi connectivity index (χ1v) is 8.13. The smallest absolute Gasteiger partial charge is 0.394 e. The molecule has 5 nitrogen and oxygen atoms in total. The summed E-state index contributed by atoms with van der Waals surface area (Å²) in [5, 5.41) is 9.19. The van der Waals surface area contributed by atoms with Crippen LogP contribution in [0.15, 0.2) is 29.2 Å². The van der Waals surface area contributed by atoms with E-state index in [1.54, 1.807) is 0 Å². The quantitative estimate of drug-likeness (QED) is 0.867. The number of anilines is 1. The lowest BCUT2D eigenvalue weighted by atomic mass is 9.89. The van der Waals surface area contributed by atoms with Gasteiger partial charge < -0.3 is 15.7 Å². The van der Waals surface area contributed by atoms with Gasteiger partial charge in [0.05, 0.1) is 11.5 Å². The van der Waals surface area contributed by atoms with E-state index in [9.17, 15) is 26.7 Å². The Morgan fingerprint density at radius 1 is 1.18 bits per heavy atom. The molecule has 0 spiro atoms. The van der Waals surface area contributed by atoms with Crippen LogP contribution in [0.25, 0.3) is 0 Å². The first-order chi connectivity index (χ1) is 10.1. The number of hydrogen-bond donors (Lipinski definition) is 2. The molecule has 1 aromatic rings. The van der Waals surface area contributed by atoms with Crippen molar-refractivity contribution in [3.05, 3.63) is 24.3 Å². The molecule has 0 atom stereocenters. The normalized spacial score (nSPS) is 19.2. The van der Waals surface area contributed by atoms with Gasteiger partial charge in [0.1, 0.15) is 0 Å². The minimum atomic E-state index is -5.32. The number of aliphatic hydroxyl groups is 1. The van der Waals surface area contributed by atoms with Crippen LogP contribution in [-0.2, 0) is 9.84 Å². The van der Waals surface area contributed by atoms with E-state index in [1.807, 2.05) is 4.90 Å². The van der Waals surface area contributed by atoms with Crippen molar-refractivity contribution in [1.82, 2.24) is 0 Å². The number of aliphatic hydroxyl groups excluding tert-OH is 1. The van der Waals surface area contributed by atoms with Crippen LogP contribution in [0.3, 0.4) is 0 Å². The van der Waals surface area contributed by atoms with Gasteiger partial charge in [-0.3, -0.25) is 0 Å². The molecule has 0 amide bonds. The Morgan fingerprint density at radius 3 is 2.09 bits per heavy atom. The molecule has 2 rings (SSSR count). The van der Waals surface area contributed by atoms with Gasteiger partial charge in [-0.15, -0.1) is 0 Å². The van der Waals surface area contributed by atoms with Crippen LogP contribution in [0.2, 0.25) is 0 Å². The molecular weight excluding hydrogens is 321 g/mol. The zero-order valence-electron chi connectivity index (χ0n) is 11.7. The average molecular weight is 338 g/mol. The Labute approximate surface area is 126 Å². The topological polar surface area (TPSA) is 83.6 Å². The molecule has 1 aliphatic heterocycles. The maximum absolute atomic E-state index is 12.5. The minimum absolute atomic E-state index is 0.121. The van der Waals surface area contributed by atoms with Gasteiger partial charge in [0.2, 0.25) is 0 Å². The van der Waals surface area contributed by atoms with E-state index in [0.717, 1.165) is 12.1 Å². The van der Waals surface area contributed by atoms with Crippen molar-refractivity contribution in [2.45, 2.75) is 28.8 Å². The number of nitrogens with two attached hydrogens (primary N) is 1.